The topological polar surface area (TPSA) is 179 Å². The predicted molar refractivity (Wildman–Crippen MR) is 183 cm³/mol. The predicted octanol–water partition coefficient (Wildman–Crippen LogP) is 7.24. The quantitative estimate of drug-likeness (QED) is 0.0987. The van der Waals surface area contributed by atoms with E-state index in [0.29, 0.717) is 50.5 Å². The van der Waals surface area contributed by atoms with Crippen LogP contribution in [0.3, 0.4) is 0 Å². The maximum Gasteiger partial charge on any atom is 0.255 e. The lowest BCUT2D eigenvalue weighted by atomic mass is 10.0. The van der Waals surface area contributed by atoms with Gasteiger partial charge in [0.25, 0.3) is 5.91 Å². The molecule has 1 amide bonds. The van der Waals surface area contributed by atoms with Crippen molar-refractivity contribution in [3.05, 3.63) is 55.9 Å². The first kappa shape index (κ1) is 35.3. The van der Waals surface area contributed by atoms with Crippen LogP contribution in [0.1, 0.15) is 83.1 Å². The molecular weight excluding hydrogens is 778 g/mol. The van der Waals surface area contributed by atoms with Crippen LogP contribution in [0.2, 0.25) is 0 Å². The van der Waals surface area contributed by atoms with Gasteiger partial charge in [0, 0.05) is 73.5 Å². The van der Waals surface area contributed by atoms with E-state index in [1.165, 1.54) is 0 Å². The Balaban J connectivity index is 0.000000181. The summed E-state index contributed by atoms with van der Waals surface area (Å²) >= 11 is 6.74. The molecule has 2 saturated carbocycles. The number of amides is 1. The highest BCUT2D eigenvalue weighted by molar-refractivity contribution is 9.11. The van der Waals surface area contributed by atoms with Crippen molar-refractivity contribution in [1.82, 2.24) is 5.32 Å². The number of nitrogens with two attached hydrogens (primary N) is 1. The average Bonchev–Trinajstić information content (AvgIpc) is 3.87. The molecule has 4 N–H and O–H groups in total. The number of halogens is 3. The number of sulfonamides is 1. The molecule has 2 aliphatic carbocycles. The van der Waals surface area contributed by atoms with E-state index in [9.17, 15) is 26.4 Å². The Kier molecular flexibility index (Phi) is 10.7. The molecule has 45 heavy (non-hydrogen) atoms. The van der Waals surface area contributed by atoms with Crippen LogP contribution in [0.25, 0.3) is 21.9 Å². The zero-order valence-electron chi connectivity index (χ0n) is 24.8. The minimum atomic E-state index is -3.40. The fourth-order valence-corrected chi connectivity index (χ4v) is 6.14. The molecule has 244 valence electrons. The van der Waals surface area contributed by atoms with Crippen LogP contribution >= 0.6 is 42.5 Å². The Morgan fingerprint density at radius 3 is 1.82 bits per heavy atom. The Bertz CT molecular complexity index is 2010. The Labute approximate surface area is 282 Å². The number of anilines is 2. The first-order valence-corrected chi connectivity index (χ1v) is 20.0. The SMILES string of the molecule is CCC(=O)c1c(C2CC2)oc2cc(N)c(Br)cc12.CNC(=O)c1c(C2CC2)oc2cc(NS(C)(=O)=O)c(Br)cc12.CS(=O)(=O)Cl. The van der Waals surface area contributed by atoms with Gasteiger partial charge in [0.1, 0.15) is 22.7 Å². The molecule has 2 aromatic carbocycles. The van der Waals surface area contributed by atoms with E-state index in [4.69, 9.17) is 14.6 Å². The van der Waals surface area contributed by atoms with Gasteiger partial charge in [-0.15, -0.1) is 0 Å². The van der Waals surface area contributed by atoms with Crippen LogP contribution in [0.5, 0.6) is 0 Å². The van der Waals surface area contributed by atoms with Crippen LogP contribution in [-0.4, -0.2) is 48.1 Å². The lowest BCUT2D eigenvalue weighted by Gasteiger charge is -2.06. The van der Waals surface area contributed by atoms with E-state index in [1.807, 2.05) is 13.0 Å². The van der Waals surface area contributed by atoms with Gasteiger partial charge in [0.15, 0.2) is 5.78 Å². The van der Waals surface area contributed by atoms with Gasteiger partial charge in [-0.3, -0.25) is 14.3 Å². The van der Waals surface area contributed by atoms with Crippen molar-refractivity contribution in [3.8, 4) is 0 Å². The molecule has 2 fully saturated rings. The van der Waals surface area contributed by atoms with Gasteiger partial charge < -0.3 is 19.9 Å². The van der Waals surface area contributed by atoms with E-state index >= 15 is 0 Å². The maximum atomic E-state index is 12.2. The minimum Gasteiger partial charge on any atom is -0.460 e. The van der Waals surface area contributed by atoms with Crippen molar-refractivity contribution in [3.63, 3.8) is 0 Å². The van der Waals surface area contributed by atoms with Gasteiger partial charge in [-0.25, -0.2) is 16.8 Å². The number of hydrogen-bond acceptors (Lipinski definition) is 9. The zero-order valence-corrected chi connectivity index (χ0v) is 30.4. The summed E-state index contributed by atoms with van der Waals surface area (Å²) < 4.78 is 57.1. The number of nitrogens with one attached hydrogen (secondary N) is 2. The summed E-state index contributed by atoms with van der Waals surface area (Å²) in [7, 11) is -0.514. The number of benzene rings is 2. The molecule has 0 bridgehead atoms. The normalized spacial score (nSPS) is 14.7. The van der Waals surface area contributed by atoms with Crippen LogP contribution in [0, 0.1) is 0 Å². The number of ketones is 1. The number of fused-ring (bicyclic) bond motifs is 2. The van der Waals surface area contributed by atoms with Gasteiger partial charge in [-0.05, 0) is 69.7 Å². The standard InChI is InChI=1S/C14H15BrN2O4S.C14H14BrNO2.CH3ClO2S/c1-16-14(18)12-8-5-9(15)10(17-22(2,19)20)6-11(8)21-13(12)7-3-4-7;1-2-11(17)13-8-5-9(15)10(16)6-12(8)18-14(13)7-3-4-7;1-5(2,3)4/h5-7,17H,3-4H2,1-2H3,(H,16,18);5-7H,2-4,16H2,1H3;1H3. The smallest absolute Gasteiger partial charge is 0.255 e. The maximum absolute atomic E-state index is 12.2. The monoisotopic (exact) mass is 807 g/mol. The van der Waals surface area contributed by atoms with E-state index in [0.717, 1.165) is 65.0 Å². The van der Waals surface area contributed by atoms with Gasteiger partial charge in [0.05, 0.1) is 29.3 Å². The summed E-state index contributed by atoms with van der Waals surface area (Å²) in [5.41, 5.74) is 9.38. The Morgan fingerprint density at radius 2 is 1.36 bits per heavy atom. The zero-order chi connectivity index (χ0) is 33.4. The summed E-state index contributed by atoms with van der Waals surface area (Å²) in [5.74, 6) is 2.17. The van der Waals surface area contributed by atoms with Crippen molar-refractivity contribution >= 4 is 107 Å². The molecule has 0 spiro atoms. The van der Waals surface area contributed by atoms with Crippen LogP contribution in [-0.2, 0) is 19.1 Å². The molecule has 0 unspecified atom stereocenters. The molecule has 0 aliphatic heterocycles. The van der Waals surface area contributed by atoms with Crippen molar-refractivity contribution in [2.75, 3.05) is 30.0 Å². The van der Waals surface area contributed by atoms with Crippen molar-refractivity contribution in [2.45, 2.75) is 50.9 Å². The fraction of sp³-hybridized carbons (Fsp3) is 0.379. The lowest BCUT2D eigenvalue weighted by Crippen LogP contribution is -2.18. The third-order valence-corrected chi connectivity index (χ3v) is 8.82. The van der Waals surface area contributed by atoms with Crippen LogP contribution in [0.4, 0.5) is 11.4 Å². The summed E-state index contributed by atoms with van der Waals surface area (Å²) in [6, 6.07) is 6.99. The molecule has 4 aromatic rings. The van der Waals surface area contributed by atoms with Gasteiger partial charge in [0.2, 0.25) is 19.1 Å². The number of hydrogen-bond donors (Lipinski definition) is 3. The van der Waals surface area contributed by atoms with Gasteiger partial charge >= 0.3 is 0 Å². The Morgan fingerprint density at radius 1 is 0.889 bits per heavy atom. The number of nitrogen functional groups attached to an aromatic ring is 1. The first-order chi connectivity index (χ1) is 20.9. The second kappa shape index (κ2) is 13.6. The largest absolute Gasteiger partial charge is 0.460 e. The summed E-state index contributed by atoms with van der Waals surface area (Å²) in [6.45, 7) is 1.88. The highest BCUT2D eigenvalue weighted by Gasteiger charge is 2.34. The lowest BCUT2D eigenvalue weighted by molar-refractivity contribution is 0.0960. The molecule has 0 radical (unpaired) electrons. The molecule has 16 heteroatoms. The molecule has 0 atom stereocenters. The average molecular weight is 810 g/mol. The molecule has 11 nitrogen and oxygen atoms in total. The van der Waals surface area contributed by atoms with Crippen molar-refractivity contribution < 1.29 is 35.3 Å². The third-order valence-electron chi connectivity index (χ3n) is 6.89. The number of carbonyl (C=O) groups is 2. The minimum absolute atomic E-state index is 0.146. The number of carbonyl (C=O) groups excluding carboxylic acids is 2. The van der Waals surface area contributed by atoms with Crippen LogP contribution < -0.4 is 15.8 Å². The molecule has 6 rings (SSSR count). The molecular formula is C29H32Br2ClN3O8S2. The van der Waals surface area contributed by atoms with Crippen molar-refractivity contribution in [2.24, 2.45) is 0 Å². The Hall–Kier alpha value is -2.59. The van der Waals surface area contributed by atoms with Crippen LogP contribution in [0.15, 0.2) is 42.0 Å². The summed E-state index contributed by atoms with van der Waals surface area (Å²) in [6.07, 6.45) is 6.72. The van der Waals surface area contributed by atoms with Gasteiger partial charge in [-0.2, -0.15) is 0 Å². The molecule has 2 aliphatic rings. The van der Waals surface area contributed by atoms with E-state index in [-0.39, 0.29) is 17.6 Å². The fourth-order valence-electron chi connectivity index (χ4n) is 4.65. The van der Waals surface area contributed by atoms with E-state index < -0.39 is 19.1 Å². The highest BCUT2D eigenvalue weighted by Crippen LogP contribution is 2.47. The number of rotatable bonds is 7. The summed E-state index contributed by atoms with van der Waals surface area (Å²) in [4.78, 5) is 24.3. The molecule has 0 saturated heterocycles. The van der Waals surface area contributed by atoms with Gasteiger partial charge in [-0.1, -0.05) is 6.92 Å². The number of Topliss-reactive ketones (excluding diaryl/α,β-unsaturated/α-hetero) is 1. The molecule has 2 heterocycles. The van der Waals surface area contributed by atoms with Crippen molar-refractivity contribution in [1.29, 1.82) is 0 Å². The summed E-state index contributed by atoms with van der Waals surface area (Å²) in [5, 5.41) is 4.18. The van der Waals surface area contributed by atoms with E-state index in [2.05, 4.69) is 52.6 Å². The first-order valence-electron chi connectivity index (χ1n) is 13.8. The third kappa shape index (κ3) is 9.03. The highest BCUT2D eigenvalue weighted by atomic mass is 79.9. The number of furan rings is 2. The van der Waals surface area contributed by atoms with E-state index in [1.54, 1.807) is 25.2 Å². The molecule has 2 aromatic heterocycles. The second-order valence-electron chi connectivity index (χ2n) is 10.8. The second-order valence-corrected chi connectivity index (χ2v) is 17.3.